The van der Waals surface area contributed by atoms with Gasteiger partial charge in [0.05, 0.1) is 19.6 Å². The van der Waals surface area contributed by atoms with Crippen molar-refractivity contribution < 1.29 is 24.2 Å². The van der Waals surface area contributed by atoms with Crippen molar-refractivity contribution in [2.75, 3.05) is 33.8 Å². The van der Waals surface area contributed by atoms with E-state index >= 15 is 0 Å². The summed E-state index contributed by atoms with van der Waals surface area (Å²) in [7, 11) is 3.09. The molecule has 132 valence electrons. The second kappa shape index (κ2) is 7.65. The number of piperidine rings is 1. The molecule has 1 aromatic heterocycles. The lowest BCUT2D eigenvalue weighted by molar-refractivity contribution is -0.145. The van der Waals surface area contributed by atoms with Crippen LogP contribution in [-0.2, 0) is 9.59 Å². The van der Waals surface area contributed by atoms with Crippen molar-refractivity contribution in [2.45, 2.75) is 19.8 Å². The van der Waals surface area contributed by atoms with Crippen LogP contribution < -0.4 is 4.74 Å². The van der Waals surface area contributed by atoms with E-state index in [1.165, 1.54) is 23.3 Å². The van der Waals surface area contributed by atoms with Gasteiger partial charge in [-0.1, -0.05) is 0 Å². The number of likely N-dealkylation sites (N-methyl/N-ethyl adjacent to an activating group) is 1. The molecule has 0 bridgehead atoms. The lowest BCUT2D eigenvalue weighted by atomic mass is 9.97. The molecule has 0 spiro atoms. The molecule has 0 saturated carbocycles. The zero-order valence-corrected chi connectivity index (χ0v) is 14.9. The van der Waals surface area contributed by atoms with Crippen LogP contribution in [-0.4, -0.2) is 66.5 Å². The van der Waals surface area contributed by atoms with Gasteiger partial charge >= 0.3 is 5.97 Å². The summed E-state index contributed by atoms with van der Waals surface area (Å²) in [6, 6.07) is 1.80. The van der Waals surface area contributed by atoms with Crippen molar-refractivity contribution >= 4 is 29.1 Å². The standard InChI is InChI=1S/C16H22N2O5S/c1-10-8-12(23-3)14(24-10)15(20)17(2)9-13(19)18-6-4-11(5-7-18)16(21)22/h8,11H,4-7,9H2,1-3H3,(H,21,22). The quantitative estimate of drug-likeness (QED) is 0.865. The highest BCUT2D eigenvalue weighted by Gasteiger charge is 2.28. The van der Waals surface area contributed by atoms with Crippen molar-refractivity contribution in [1.29, 1.82) is 0 Å². The Morgan fingerprint density at radius 3 is 2.54 bits per heavy atom. The number of aryl methyl sites for hydroxylation is 1. The highest BCUT2D eigenvalue weighted by Crippen LogP contribution is 2.29. The van der Waals surface area contributed by atoms with E-state index in [9.17, 15) is 14.4 Å². The first-order chi connectivity index (χ1) is 11.3. The third-order valence-electron chi connectivity index (χ3n) is 4.15. The molecule has 7 nitrogen and oxygen atoms in total. The van der Waals surface area contributed by atoms with Gasteiger partial charge in [0.15, 0.2) is 0 Å². The molecule has 0 atom stereocenters. The molecule has 1 aromatic rings. The number of likely N-dealkylation sites (tertiary alicyclic amines) is 1. The van der Waals surface area contributed by atoms with Gasteiger partial charge < -0.3 is 19.6 Å². The number of aliphatic carboxylic acids is 1. The molecule has 8 heteroatoms. The number of methoxy groups -OCH3 is 1. The fraction of sp³-hybridized carbons (Fsp3) is 0.562. The fourth-order valence-corrected chi connectivity index (χ4v) is 3.69. The third-order valence-corrected chi connectivity index (χ3v) is 5.17. The molecule has 1 aliphatic rings. The molecule has 0 aliphatic carbocycles. The average Bonchev–Trinajstić information content (AvgIpc) is 2.94. The van der Waals surface area contributed by atoms with Crippen molar-refractivity contribution in [3.63, 3.8) is 0 Å². The second-order valence-electron chi connectivity index (χ2n) is 5.91. The van der Waals surface area contributed by atoms with Crippen LogP contribution in [0.3, 0.4) is 0 Å². The van der Waals surface area contributed by atoms with Crippen molar-refractivity contribution in [3.8, 4) is 5.75 Å². The topological polar surface area (TPSA) is 87.2 Å². The Balaban J connectivity index is 1.94. The molecule has 1 fully saturated rings. The van der Waals surface area contributed by atoms with Gasteiger partial charge in [0.1, 0.15) is 10.6 Å². The smallest absolute Gasteiger partial charge is 0.306 e. The van der Waals surface area contributed by atoms with Gasteiger partial charge in [0.2, 0.25) is 5.91 Å². The van der Waals surface area contributed by atoms with Gasteiger partial charge in [0.25, 0.3) is 5.91 Å². The second-order valence-corrected chi connectivity index (χ2v) is 7.17. The van der Waals surface area contributed by atoms with Gasteiger partial charge in [-0.05, 0) is 25.8 Å². The number of hydrogen-bond acceptors (Lipinski definition) is 5. The van der Waals surface area contributed by atoms with Gasteiger partial charge in [0, 0.05) is 25.0 Å². The van der Waals surface area contributed by atoms with E-state index in [2.05, 4.69) is 0 Å². The van der Waals surface area contributed by atoms with Crippen molar-refractivity contribution in [1.82, 2.24) is 9.80 Å². The van der Waals surface area contributed by atoms with Gasteiger partial charge in [-0.3, -0.25) is 14.4 Å². The summed E-state index contributed by atoms with van der Waals surface area (Å²) in [6.07, 6.45) is 0.910. The van der Waals surface area contributed by atoms with Crippen LogP contribution in [0.5, 0.6) is 5.75 Å². The molecule has 0 radical (unpaired) electrons. The zero-order chi connectivity index (χ0) is 17.9. The number of carboxylic acid groups (broad SMARTS) is 1. The van der Waals surface area contributed by atoms with Crippen LogP contribution in [0.15, 0.2) is 6.07 Å². The Morgan fingerprint density at radius 1 is 1.38 bits per heavy atom. The minimum absolute atomic E-state index is 0.0311. The van der Waals surface area contributed by atoms with Gasteiger partial charge in [-0.25, -0.2) is 0 Å². The molecule has 0 aromatic carbocycles. The van der Waals surface area contributed by atoms with Crippen LogP contribution >= 0.6 is 11.3 Å². The molecule has 24 heavy (non-hydrogen) atoms. The zero-order valence-electron chi connectivity index (χ0n) is 14.1. The van der Waals surface area contributed by atoms with Crippen LogP contribution in [0.1, 0.15) is 27.4 Å². The molecule has 0 unspecified atom stereocenters. The van der Waals surface area contributed by atoms with Crippen LogP contribution in [0.4, 0.5) is 0 Å². The third kappa shape index (κ3) is 4.05. The number of carboxylic acids is 1. The highest BCUT2D eigenvalue weighted by molar-refractivity contribution is 7.14. The highest BCUT2D eigenvalue weighted by atomic mass is 32.1. The van der Waals surface area contributed by atoms with Crippen molar-refractivity contribution in [2.24, 2.45) is 5.92 Å². The molecule has 1 N–H and O–H groups in total. The first kappa shape index (κ1) is 18.3. The van der Waals surface area contributed by atoms with Crippen molar-refractivity contribution in [3.05, 3.63) is 15.8 Å². The fourth-order valence-electron chi connectivity index (χ4n) is 2.72. The minimum Gasteiger partial charge on any atom is -0.495 e. The van der Waals surface area contributed by atoms with E-state index in [4.69, 9.17) is 9.84 Å². The van der Waals surface area contributed by atoms with Gasteiger partial charge in [-0.15, -0.1) is 11.3 Å². The number of hydrogen-bond donors (Lipinski definition) is 1. The number of amides is 2. The number of carbonyl (C=O) groups is 3. The summed E-state index contributed by atoms with van der Waals surface area (Å²) < 4.78 is 5.20. The average molecular weight is 354 g/mol. The van der Waals surface area contributed by atoms with Crippen LogP contribution in [0.25, 0.3) is 0 Å². The normalized spacial score (nSPS) is 15.2. The summed E-state index contributed by atoms with van der Waals surface area (Å²) >= 11 is 1.34. The van der Waals surface area contributed by atoms with E-state index in [0.29, 0.717) is 36.6 Å². The van der Waals surface area contributed by atoms with E-state index in [1.54, 1.807) is 18.0 Å². The number of nitrogens with zero attached hydrogens (tertiary/aromatic N) is 2. The first-order valence-electron chi connectivity index (χ1n) is 7.74. The predicted octanol–water partition coefficient (Wildman–Crippen LogP) is 1.46. The van der Waals surface area contributed by atoms with Gasteiger partial charge in [-0.2, -0.15) is 0 Å². The summed E-state index contributed by atoms with van der Waals surface area (Å²) in [6.45, 7) is 2.69. The van der Waals surface area contributed by atoms with Crippen LogP contribution in [0.2, 0.25) is 0 Å². The Hall–Kier alpha value is -2.09. The van der Waals surface area contributed by atoms with E-state index < -0.39 is 5.97 Å². The van der Waals surface area contributed by atoms with E-state index in [1.807, 2.05) is 6.92 Å². The Labute approximate surface area is 144 Å². The molecule has 2 rings (SSSR count). The molecular formula is C16H22N2O5S. The van der Waals surface area contributed by atoms with E-state index in [0.717, 1.165) is 4.88 Å². The lowest BCUT2D eigenvalue weighted by Gasteiger charge is -2.31. The maximum absolute atomic E-state index is 12.5. The maximum Gasteiger partial charge on any atom is 0.306 e. The lowest BCUT2D eigenvalue weighted by Crippen LogP contribution is -2.45. The predicted molar refractivity (Wildman–Crippen MR) is 89.5 cm³/mol. The summed E-state index contributed by atoms with van der Waals surface area (Å²) in [4.78, 5) is 40.2. The molecule has 1 saturated heterocycles. The molecule has 1 aliphatic heterocycles. The van der Waals surface area contributed by atoms with Crippen LogP contribution in [0, 0.1) is 12.8 Å². The number of rotatable bonds is 5. The summed E-state index contributed by atoms with van der Waals surface area (Å²) in [5.41, 5.74) is 0. The largest absolute Gasteiger partial charge is 0.495 e. The number of ether oxygens (including phenoxy) is 1. The number of carbonyl (C=O) groups excluding carboxylic acids is 2. The molecule has 2 amide bonds. The molecular weight excluding hydrogens is 332 g/mol. The Morgan fingerprint density at radius 2 is 2.00 bits per heavy atom. The first-order valence-corrected chi connectivity index (χ1v) is 8.55. The van der Waals surface area contributed by atoms with E-state index in [-0.39, 0.29) is 24.3 Å². The number of thiophene rings is 1. The Kier molecular flexibility index (Phi) is 5.82. The summed E-state index contributed by atoms with van der Waals surface area (Å²) in [5, 5.41) is 8.99. The molecule has 2 heterocycles. The Bertz CT molecular complexity index is 634. The summed E-state index contributed by atoms with van der Waals surface area (Å²) in [5.74, 6) is -1.09. The monoisotopic (exact) mass is 354 g/mol. The SMILES string of the molecule is COc1cc(C)sc1C(=O)N(C)CC(=O)N1CCC(C(=O)O)CC1. The minimum atomic E-state index is -0.811. The maximum atomic E-state index is 12.5.